The summed E-state index contributed by atoms with van der Waals surface area (Å²) in [5.74, 6) is -0.0846. The predicted octanol–water partition coefficient (Wildman–Crippen LogP) is 1.56. The van der Waals surface area contributed by atoms with Crippen LogP contribution in [0.4, 0.5) is 4.39 Å². The van der Waals surface area contributed by atoms with Crippen LogP contribution >= 0.6 is 11.6 Å². The Morgan fingerprint density at radius 2 is 2.09 bits per heavy atom. The summed E-state index contributed by atoms with van der Waals surface area (Å²) in [6, 6.07) is 4.12. The molecule has 0 unspecified atom stereocenters. The van der Waals surface area contributed by atoms with Crippen LogP contribution in [-0.2, 0) is 6.54 Å². The third-order valence-electron chi connectivity index (χ3n) is 3.66. The lowest BCUT2D eigenvalue weighted by Gasteiger charge is -2.34. The van der Waals surface area contributed by atoms with Gasteiger partial charge in [0.15, 0.2) is 0 Å². The third kappa shape index (κ3) is 3.26. The van der Waals surface area contributed by atoms with Gasteiger partial charge in [0.2, 0.25) is 0 Å². The van der Waals surface area contributed by atoms with Crippen LogP contribution in [0.1, 0.15) is 16.2 Å². The number of aromatic amines is 1. The Kier molecular flexibility index (Phi) is 4.35. The highest BCUT2D eigenvalue weighted by molar-refractivity contribution is 6.30. The molecule has 1 aliphatic heterocycles. The van der Waals surface area contributed by atoms with Crippen LogP contribution in [0.5, 0.6) is 0 Å². The molecular formula is C14H15ClFN5O. The molecule has 1 saturated heterocycles. The Morgan fingerprint density at radius 1 is 1.32 bits per heavy atom. The van der Waals surface area contributed by atoms with Gasteiger partial charge in [0, 0.05) is 31.2 Å². The number of carbonyl (C=O) groups excluding carboxylic acids is 1. The van der Waals surface area contributed by atoms with Crippen LogP contribution in [0, 0.1) is 5.82 Å². The molecule has 0 spiro atoms. The molecule has 22 heavy (non-hydrogen) atoms. The maximum atomic E-state index is 13.8. The molecule has 1 aromatic carbocycles. The lowest BCUT2D eigenvalue weighted by Crippen LogP contribution is -2.48. The van der Waals surface area contributed by atoms with Crippen LogP contribution in [-0.4, -0.2) is 57.1 Å². The molecule has 1 aromatic heterocycles. The third-order valence-corrected chi connectivity index (χ3v) is 3.89. The fourth-order valence-corrected chi connectivity index (χ4v) is 2.62. The van der Waals surface area contributed by atoms with E-state index in [0.717, 1.165) is 11.9 Å². The molecule has 1 N–H and O–H groups in total. The maximum Gasteiger partial charge on any atom is 0.256 e. The quantitative estimate of drug-likeness (QED) is 0.931. The molecule has 1 amide bonds. The van der Waals surface area contributed by atoms with Crippen molar-refractivity contribution in [3.8, 4) is 0 Å². The van der Waals surface area contributed by atoms with E-state index >= 15 is 0 Å². The fraction of sp³-hybridized carbons (Fsp3) is 0.357. The van der Waals surface area contributed by atoms with Gasteiger partial charge in [0.1, 0.15) is 18.0 Å². The highest BCUT2D eigenvalue weighted by Crippen LogP contribution is 2.17. The molecule has 0 aliphatic carbocycles. The van der Waals surface area contributed by atoms with Gasteiger partial charge in [0.05, 0.1) is 12.1 Å². The van der Waals surface area contributed by atoms with Crippen molar-refractivity contribution in [1.29, 1.82) is 0 Å². The van der Waals surface area contributed by atoms with Crippen molar-refractivity contribution < 1.29 is 9.18 Å². The SMILES string of the molecule is O=C(c1ccc(Cl)cc1F)N1CCN(Cc2ncn[nH]2)CC1. The van der Waals surface area contributed by atoms with Gasteiger partial charge in [-0.2, -0.15) is 5.10 Å². The van der Waals surface area contributed by atoms with Gasteiger partial charge in [-0.3, -0.25) is 14.8 Å². The largest absolute Gasteiger partial charge is 0.336 e. The minimum absolute atomic E-state index is 0.0630. The molecule has 2 aromatic rings. The van der Waals surface area contributed by atoms with Crippen molar-refractivity contribution in [2.24, 2.45) is 0 Å². The zero-order chi connectivity index (χ0) is 15.5. The first-order valence-electron chi connectivity index (χ1n) is 6.94. The summed E-state index contributed by atoms with van der Waals surface area (Å²) >= 11 is 5.71. The monoisotopic (exact) mass is 323 g/mol. The molecular weight excluding hydrogens is 309 g/mol. The molecule has 6 nitrogen and oxygen atoms in total. The minimum Gasteiger partial charge on any atom is -0.336 e. The van der Waals surface area contributed by atoms with E-state index in [9.17, 15) is 9.18 Å². The van der Waals surface area contributed by atoms with E-state index < -0.39 is 5.82 Å². The van der Waals surface area contributed by atoms with Crippen molar-refractivity contribution in [2.45, 2.75) is 6.54 Å². The van der Waals surface area contributed by atoms with Gasteiger partial charge in [-0.1, -0.05) is 11.6 Å². The zero-order valence-electron chi connectivity index (χ0n) is 11.8. The number of carbonyl (C=O) groups is 1. The summed E-state index contributed by atoms with van der Waals surface area (Å²) in [7, 11) is 0. The van der Waals surface area contributed by atoms with Crippen molar-refractivity contribution in [3.63, 3.8) is 0 Å². The van der Waals surface area contributed by atoms with Gasteiger partial charge in [-0.25, -0.2) is 9.37 Å². The van der Waals surface area contributed by atoms with Gasteiger partial charge in [-0.05, 0) is 18.2 Å². The summed E-state index contributed by atoms with van der Waals surface area (Å²) in [5.41, 5.74) is 0.0630. The van der Waals surface area contributed by atoms with Crippen molar-refractivity contribution in [2.75, 3.05) is 26.2 Å². The lowest BCUT2D eigenvalue weighted by atomic mass is 10.1. The first kappa shape index (κ1) is 14.9. The van der Waals surface area contributed by atoms with Crippen LogP contribution < -0.4 is 0 Å². The van der Waals surface area contributed by atoms with E-state index in [-0.39, 0.29) is 16.5 Å². The Labute approximate surface area is 131 Å². The van der Waals surface area contributed by atoms with E-state index in [1.807, 2.05) is 0 Å². The average molecular weight is 324 g/mol. The molecule has 0 bridgehead atoms. The Morgan fingerprint density at radius 3 is 2.73 bits per heavy atom. The number of piperazine rings is 1. The second kappa shape index (κ2) is 6.41. The van der Waals surface area contributed by atoms with Crippen LogP contribution in [0.2, 0.25) is 5.02 Å². The second-order valence-electron chi connectivity index (χ2n) is 5.12. The summed E-state index contributed by atoms with van der Waals surface area (Å²) in [6.45, 7) is 3.19. The summed E-state index contributed by atoms with van der Waals surface area (Å²) < 4.78 is 13.8. The summed E-state index contributed by atoms with van der Waals surface area (Å²) in [5, 5.41) is 6.90. The highest BCUT2D eigenvalue weighted by atomic mass is 35.5. The second-order valence-corrected chi connectivity index (χ2v) is 5.56. The Balaban J connectivity index is 1.60. The van der Waals surface area contributed by atoms with Crippen molar-refractivity contribution in [1.82, 2.24) is 25.0 Å². The summed E-state index contributed by atoms with van der Waals surface area (Å²) in [4.78, 5) is 20.3. The van der Waals surface area contributed by atoms with Crippen molar-refractivity contribution >= 4 is 17.5 Å². The van der Waals surface area contributed by atoms with Crippen LogP contribution in [0.3, 0.4) is 0 Å². The number of amides is 1. The molecule has 1 fully saturated rings. The smallest absolute Gasteiger partial charge is 0.256 e. The molecule has 116 valence electrons. The van der Waals surface area contributed by atoms with E-state index in [1.54, 1.807) is 4.90 Å². The topological polar surface area (TPSA) is 65.1 Å². The Hall–Kier alpha value is -1.99. The fourth-order valence-electron chi connectivity index (χ4n) is 2.46. The number of nitrogens with one attached hydrogen (secondary N) is 1. The zero-order valence-corrected chi connectivity index (χ0v) is 12.6. The van der Waals surface area contributed by atoms with Crippen LogP contribution in [0.25, 0.3) is 0 Å². The first-order chi connectivity index (χ1) is 10.6. The molecule has 1 aliphatic rings. The molecule has 0 radical (unpaired) electrons. The van der Waals surface area contributed by atoms with Crippen LogP contribution in [0.15, 0.2) is 24.5 Å². The number of benzene rings is 1. The van der Waals surface area contributed by atoms with Gasteiger partial charge < -0.3 is 4.90 Å². The predicted molar refractivity (Wildman–Crippen MR) is 79.0 cm³/mol. The first-order valence-corrected chi connectivity index (χ1v) is 7.32. The number of rotatable bonds is 3. The lowest BCUT2D eigenvalue weighted by molar-refractivity contribution is 0.0621. The molecule has 0 saturated carbocycles. The average Bonchev–Trinajstić information content (AvgIpc) is 3.00. The number of H-pyrrole nitrogens is 1. The Bertz CT molecular complexity index is 655. The van der Waals surface area contributed by atoms with Gasteiger partial charge in [0.25, 0.3) is 5.91 Å². The summed E-state index contributed by atoms with van der Waals surface area (Å²) in [6.07, 6.45) is 1.47. The maximum absolute atomic E-state index is 13.8. The highest BCUT2D eigenvalue weighted by Gasteiger charge is 2.24. The molecule has 3 rings (SSSR count). The number of halogens is 2. The van der Waals surface area contributed by atoms with E-state index in [2.05, 4.69) is 20.1 Å². The van der Waals surface area contributed by atoms with Gasteiger partial charge >= 0.3 is 0 Å². The standard InChI is InChI=1S/C14H15ClFN5O/c15-10-1-2-11(12(16)7-10)14(22)21-5-3-20(4-6-21)8-13-17-9-18-19-13/h1-2,7,9H,3-6,8H2,(H,17,18,19). The number of hydrogen-bond acceptors (Lipinski definition) is 4. The molecule has 0 atom stereocenters. The van der Waals surface area contributed by atoms with E-state index in [1.165, 1.54) is 18.5 Å². The number of aromatic nitrogens is 3. The van der Waals surface area contributed by atoms with Crippen molar-refractivity contribution in [3.05, 3.63) is 46.8 Å². The molecule has 8 heteroatoms. The number of nitrogens with zero attached hydrogens (tertiary/aromatic N) is 4. The number of hydrogen-bond donors (Lipinski definition) is 1. The molecule has 2 heterocycles. The van der Waals surface area contributed by atoms with E-state index in [4.69, 9.17) is 11.6 Å². The van der Waals surface area contributed by atoms with E-state index in [0.29, 0.717) is 32.7 Å². The normalized spacial score (nSPS) is 16.0. The van der Waals surface area contributed by atoms with Gasteiger partial charge in [-0.15, -0.1) is 0 Å². The minimum atomic E-state index is -0.582.